The highest BCUT2D eigenvalue weighted by Gasteiger charge is 2.32. The number of carbonyl (C=O) groups is 2. The van der Waals surface area contributed by atoms with E-state index in [4.69, 9.17) is 4.42 Å². The second kappa shape index (κ2) is 7.07. The molecule has 3 rings (SSSR count). The second-order valence-electron chi connectivity index (χ2n) is 6.37. The predicted molar refractivity (Wildman–Crippen MR) is 92.4 cm³/mol. The van der Waals surface area contributed by atoms with Crippen molar-refractivity contribution in [2.24, 2.45) is 0 Å². The second-order valence-corrected chi connectivity index (χ2v) is 6.37. The van der Waals surface area contributed by atoms with Gasteiger partial charge in [-0.3, -0.25) is 9.59 Å². The average Bonchev–Trinajstić information content (AvgIpc) is 3.05. The zero-order valence-electron chi connectivity index (χ0n) is 14.2. The van der Waals surface area contributed by atoms with Crippen LogP contribution in [-0.4, -0.2) is 29.3 Å². The van der Waals surface area contributed by atoms with Crippen LogP contribution < -0.4 is 5.32 Å². The Bertz CT molecular complexity index is 704. The molecule has 5 nitrogen and oxygen atoms in total. The topological polar surface area (TPSA) is 62.6 Å². The molecule has 1 fully saturated rings. The first-order chi connectivity index (χ1) is 11.6. The van der Waals surface area contributed by atoms with Crippen LogP contribution in [0, 0.1) is 0 Å². The first-order valence-corrected chi connectivity index (χ1v) is 8.68. The number of amides is 2. The van der Waals surface area contributed by atoms with E-state index in [2.05, 4.69) is 5.32 Å². The van der Waals surface area contributed by atoms with Gasteiger partial charge in [0.05, 0.1) is 6.04 Å². The summed E-state index contributed by atoms with van der Waals surface area (Å²) >= 11 is 0. The van der Waals surface area contributed by atoms with Gasteiger partial charge in [0.1, 0.15) is 17.4 Å². The average molecular weight is 328 g/mol. The van der Waals surface area contributed by atoms with Crippen molar-refractivity contribution in [3.8, 4) is 0 Å². The summed E-state index contributed by atoms with van der Waals surface area (Å²) in [5, 5.41) is 4.03. The van der Waals surface area contributed by atoms with Gasteiger partial charge in [-0.2, -0.15) is 0 Å². The maximum Gasteiger partial charge on any atom is 0.243 e. The lowest BCUT2D eigenvalue weighted by Crippen LogP contribution is -2.52. The first kappa shape index (κ1) is 16.6. The van der Waals surface area contributed by atoms with Crippen LogP contribution in [0.1, 0.15) is 51.3 Å². The highest BCUT2D eigenvalue weighted by molar-refractivity contribution is 5.88. The molecule has 0 saturated carbocycles. The minimum absolute atomic E-state index is 0.0474. The van der Waals surface area contributed by atoms with Crippen molar-refractivity contribution in [2.75, 3.05) is 6.54 Å². The molecule has 24 heavy (non-hydrogen) atoms. The molecule has 2 aromatic rings. The van der Waals surface area contributed by atoms with Crippen LogP contribution in [0.2, 0.25) is 0 Å². The highest BCUT2D eigenvalue weighted by atomic mass is 16.3. The van der Waals surface area contributed by atoms with Gasteiger partial charge in [-0.15, -0.1) is 0 Å². The molecule has 2 heterocycles. The lowest BCUT2D eigenvalue weighted by Gasteiger charge is -2.35. The zero-order valence-corrected chi connectivity index (χ0v) is 14.2. The SMILES string of the molecule is CCC(=O)N1CCCC[C@H]1C(=O)N[C@@H](C)c1cc2ccccc2o1. The van der Waals surface area contributed by atoms with Crippen molar-refractivity contribution in [1.82, 2.24) is 10.2 Å². The zero-order chi connectivity index (χ0) is 17.1. The number of nitrogens with zero attached hydrogens (tertiary/aromatic N) is 1. The Kier molecular flexibility index (Phi) is 4.88. The smallest absolute Gasteiger partial charge is 0.243 e. The molecule has 1 aliphatic heterocycles. The number of hydrogen-bond donors (Lipinski definition) is 1. The van der Waals surface area contributed by atoms with Gasteiger partial charge in [-0.25, -0.2) is 0 Å². The fraction of sp³-hybridized carbons (Fsp3) is 0.474. The molecule has 1 aliphatic rings. The number of nitrogens with one attached hydrogen (secondary N) is 1. The molecule has 1 aromatic heterocycles. The number of carbonyl (C=O) groups excluding carboxylic acids is 2. The number of piperidine rings is 1. The molecule has 0 bridgehead atoms. The molecule has 5 heteroatoms. The Labute approximate surface area is 142 Å². The molecule has 0 unspecified atom stereocenters. The molecular weight excluding hydrogens is 304 g/mol. The number of rotatable bonds is 4. The lowest BCUT2D eigenvalue weighted by molar-refractivity contribution is -0.142. The largest absolute Gasteiger partial charge is 0.459 e. The summed E-state index contributed by atoms with van der Waals surface area (Å²) < 4.78 is 5.82. The summed E-state index contributed by atoms with van der Waals surface area (Å²) in [5.74, 6) is 0.685. The third-order valence-corrected chi connectivity index (χ3v) is 4.66. The lowest BCUT2D eigenvalue weighted by atomic mass is 10.0. The number of benzene rings is 1. The Morgan fingerprint density at radius 2 is 2.12 bits per heavy atom. The molecule has 1 aromatic carbocycles. The molecule has 0 radical (unpaired) electrons. The Balaban J connectivity index is 1.71. The number of furan rings is 1. The predicted octanol–water partition coefficient (Wildman–Crippen LogP) is 3.40. The number of hydrogen-bond acceptors (Lipinski definition) is 3. The van der Waals surface area contributed by atoms with Crippen LogP contribution in [-0.2, 0) is 9.59 Å². The Morgan fingerprint density at radius 1 is 1.33 bits per heavy atom. The fourth-order valence-electron chi connectivity index (χ4n) is 3.30. The van der Waals surface area contributed by atoms with Gasteiger partial charge < -0.3 is 14.6 Å². The van der Waals surface area contributed by atoms with E-state index in [9.17, 15) is 9.59 Å². The maximum atomic E-state index is 12.7. The van der Waals surface area contributed by atoms with E-state index in [1.54, 1.807) is 4.90 Å². The van der Waals surface area contributed by atoms with E-state index in [1.807, 2.05) is 44.2 Å². The van der Waals surface area contributed by atoms with Gasteiger partial charge in [-0.1, -0.05) is 25.1 Å². The Hall–Kier alpha value is -2.30. The minimum atomic E-state index is -0.363. The van der Waals surface area contributed by atoms with Crippen LogP contribution in [0.15, 0.2) is 34.7 Å². The van der Waals surface area contributed by atoms with E-state index in [0.29, 0.717) is 13.0 Å². The normalized spacial score (nSPS) is 19.2. The van der Waals surface area contributed by atoms with Gasteiger partial charge in [0.25, 0.3) is 0 Å². The van der Waals surface area contributed by atoms with Crippen molar-refractivity contribution in [3.63, 3.8) is 0 Å². The monoisotopic (exact) mass is 328 g/mol. The van der Waals surface area contributed by atoms with E-state index in [0.717, 1.165) is 36.0 Å². The van der Waals surface area contributed by atoms with Crippen molar-refractivity contribution in [2.45, 2.75) is 51.6 Å². The third kappa shape index (κ3) is 3.30. The fourth-order valence-corrected chi connectivity index (χ4v) is 3.30. The minimum Gasteiger partial charge on any atom is -0.459 e. The van der Waals surface area contributed by atoms with Crippen molar-refractivity contribution in [3.05, 3.63) is 36.1 Å². The molecule has 1 saturated heterocycles. The molecule has 2 amide bonds. The highest BCUT2D eigenvalue weighted by Crippen LogP contribution is 2.24. The number of fused-ring (bicyclic) bond motifs is 1. The van der Waals surface area contributed by atoms with E-state index in [-0.39, 0.29) is 23.9 Å². The quantitative estimate of drug-likeness (QED) is 0.935. The van der Waals surface area contributed by atoms with Gasteiger partial charge >= 0.3 is 0 Å². The summed E-state index contributed by atoms with van der Waals surface area (Å²) in [5.41, 5.74) is 0.814. The first-order valence-electron chi connectivity index (χ1n) is 8.68. The third-order valence-electron chi connectivity index (χ3n) is 4.66. The van der Waals surface area contributed by atoms with Crippen molar-refractivity contribution < 1.29 is 14.0 Å². The summed E-state index contributed by atoms with van der Waals surface area (Å²) in [6, 6.07) is 9.14. The molecule has 1 N–H and O–H groups in total. The van der Waals surface area contributed by atoms with E-state index < -0.39 is 0 Å². The van der Waals surface area contributed by atoms with Gasteiger partial charge in [0.2, 0.25) is 11.8 Å². The standard InChI is InChI=1S/C19H24N2O3/c1-3-18(22)21-11-7-6-9-15(21)19(23)20-13(2)17-12-14-8-4-5-10-16(14)24-17/h4-5,8,10,12-13,15H,3,6-7,9,11H2,1-2H3,(H,20,23)/t13-,15-/m0/s1. The van der Waals surface area contributed by atoms with Crippen molar-refractivity contribution >= 4 is 22.8 Å². The van der Waals surface area contributed by atoms with E-state index in [1.165, 1.54) is 0 Å². The number of likely N-dealkylation sites (tertiary alicyclic amines) is 1. The summed E-state index contributed by atoms with van der Waals surface area (Å²) in [7, 11) is 0. The van der Waals surface area contributed by atoms with Crippen LogP contribution >= 0.6 is 0 Å². The summed E-state index contributed by atoms with van der Waals surface area (Å²) in [6.07, 6.45) is 3.10. The number of para-hydroxylation sites is 1. The van der Waals surface area contributed by atoms with Crippen LogP contribution in [0.3, 0.4) is 0 Å². The van der Waals surface area contributed by atoms with Crippen molar-refractivity contribution in [1.29, 1.82) is 0 Å². The van der Waals surface area contributed by atoms with Gasteiger partial charge in [0.15, 0.2) is 0 Å². The van der Waals surface area contributed by atoms with Crippen LogP contribution in [0.4, 0.5) is 0 Å². The van der Waals surface area contributed by atoms with Gasteiger partial charge in [0, 0.05) is 18.4 Å². The summed E-state index contributed by atoms with van der Waals surface area (Å²) in [6.45, 7) is 4.41. The molecular formula is C19H24N2O3. The molecule has 0 aliphatic carbocycles. The molecule has 2 atom stereocenters. The summed E-state index contributed by atoms with van der Waals surface area (Å²) in [4.78, 5) is 26.5. The Morgan fingerprint density at radius 3 is 2.88 bits per heavy atom. The van der Waals surface area contributed by atoms with Crippen LogP contribution in [0.5, 0.6) is 0 Å². The molecule has 128 valence electrons. The van der Waals surface area contributed by atoms with Crippen LogP contribution in [0.25, 0.3) is 11.0 Å². The maximum absolute atomic E-state index is 12.7. The van der Waals surface area contributed by atoms with E-state index >= 15 is 0 Å². The van der Waals surface area contributed by atoms with Gasteiger partial charge in [-0.05, 0) is 38.3 Å². The molecule has 0 spiro atoms.